The van der Waals surface area contributed by atoms with Crippen LogP contribution in [0.5, 0.6) is 28.7 Å². The highest BCUT2D eigenvalue weighted by Crippen LogP contribution is 2.40. The van der Waals surface area contributed by atoms with Crippen LogP contribution in [0.4, 0.5) is 0 Å². The van der Waals surface area contributed by atoms with Crippen LogP contribution in [-0.2, 0) is 9.59 Å². The fourth-order valence-corrected chi connectivity index (χ4v) is 4.14. The van der Waals surface area contributed by atoms with Crippen molar-refractivity contribution in [3.63, 3.8) is 0 Å². The van der Waals surface area contributed by atoms with Crippen molar-refractivity contribution in [2.45, 2.75) is 18.6 Å². The van der Waals surface area contributed by atoms with Crippen LogP contribution in [0.25, 0.3) is 6.08 Å². The SMILES string of the molecule is COc1cc(C=C2Oc3cc(OCC(=O)N4C[C@@H](O)C[C@H]4C(=O)O)ccc3C2=O)cc(OC)c1OC. The third-order valence-corrected chi connectivity index (χ3v) is 5.87. The molecule has 11 heteroatoms. The van der Waals surface area contributed by atoms with E-state index < -0.39 is 30.6 Å². The third kappa shape index (κ3) is 4.78. The molecule has 0 saturated carbocycles. The number of carboxylic acids is 1. The molecule has 2 heterocycles. The van der Waals surface area contributed by atoms with Gasteiger partial charge in [0.25, 0.3) is 5.91 Å². The van der Waals surface area contributed by atoms with Gasteiger partial charge >= 0.3 is 5.97 Å². The first-order valence-corrected chi connectivity index (χ1v) is 11.0. The Balaban J connectivity index is 1.49. The van der Waals surface area contributed by atoms with E-state index in [0.717, 1.165) is 4.90 Å². The number of ether oxygens (including phenoxy) is 5. The minimum absolute atomic E-state index is 0.0308. The molecule has 0 radical (unpaired) electrons. The maximum Gasteiger partial charge on any atom is 0.326 e. The van der Waals surface area contributed by atoms with Gasteiger partial charge in [0.05, 0.1) is 33.0 Å². The molecule has 0 bridgehead atoms. The fraction of sp³-hybridized carbons (Fsp3) is 0.320. The number of hydrogen-bond acceptors (Lipinski definition) is 9. The lowest BCUT2D eigenvalue weighted by Crippen LogP contribution is -2.42. The number of methoxy groups -OCH3 is 3. The number of Topliss-reactive ketones (excluding diaryl/α,β-unsaturated/α-hetero) is 1. The summed E-state index contributed by atoms with van der Waals surface area (Å²) >= 11 is 0. The van der Waals surface area contributed by atoms with Crippen LogP contribution >= 0.6 is 0 Å². The Hall–Kier alpha value is -4.25. The second-order valence-corrected chi connectivity index (χ2v) is 8.13. The van der Waals surface area contributed by atoms with E-state index in [4.69, 9.17) is 23.7 Å². The molecule has 2 N–H and O–H groups in total. The number of carbonyl (C=O) groups is 3. The summed E-state index contributed by atoms with van der Waals surface area (Å²) in [6.07, 6.45) is 0.615. The Labute approximate surface area is 206 Å². The number of aliphatic carboxylic acids is 1. The van der Waals surface area contributed by atoms with Gasteiger partial charge in [-0.05, 0) is 35.9 Å². The molecule has 2 aliphatic rings. The number of carbonyl (C=O) groups excluding carboxylic acids is 2. The predicted octanol–water partition coefficient (Wildman–Crippen LogP) is 1.75. The van der Waals surface area contributed by atoms with Crippen LogP contribution in [0.3, 0.4) is 0 Å². The molecule has 1 saturated heterocycles. The van der Waals surface area contributed by atoms with Gasteiger partial charge < -0.3 is 38.8 Å². The van der Waals surface area contributed by atoms with Gasteiger partial charge in [-0.1, -0.05) is 0 Å². The molecule has 2 aromatic rings. The average Bonchev–Trinajstić information content (AvgIpc) is 3.41. The number of hydrogen-bond donors (Lipinski definition) is 2. The van der Waals surface area contributed by atoms with Crippen LogP contribution in [0.2, 0.25) is 0 Å². The molecular formula is C25H25NO10. The Bertz CT molecular complexity index is 1210. The number of aliphatic hydroxyl groups is 1. The monoisotopic (exact) mass is 499 g/mol. The van der Waals surface area contributed by atoms with Gasteiger partial charge in [0, 0.05) is 19.0 Å². The van der Waals surface area contributed by atoms with Crippen LogP contribution in [0, 0.1) is 0 Å². The van der Waals surface area contributed by atoms with E-state index in [9.17, 15) is 24.6 Å². The van der Waals surface area contributed by atoms with Crippen LogP contribution in [0.15, 0.2) is 36.1 Å². The second kappa shape index (κ2) is 10.2. The molecule has 4 rings (SSSR count). The van der Waals surface area contributed by atoms with Crippen LogP contribution < -0.4 is 23.7 Å². The van der Waals surface area contributed by atoms with E-state index >= 15 is 0 Å². The maximum atomic E-state index is 12.9. The standard InChI is InChI=1S/C25H25NO10/c1-32-20-7-13(8-21(33-2)24(20)34-3)6-19-23(29)16-5-4-15(10-18(16)36-19)35-12-22(28)26-11-14(27)9-17(26)25(30)31/h4-8,10,14,17,27H,9,11-12H2,1-3H3,(H,30,31)/t14-,17-/m0/s1. The summed E-state index contributed by atoms with van der Waals surface area (Å²) in [5, 5.41) is 19.0. The summed E-state index contributed by atoms with van der Waals surface area (Å²) in [6, 6.07) is 6.77. The topological polar surface area (TPSA) is 141 Å². The van der Waals surface area contributed by atoms with E-state index in [1.807, 2.05) is 0 Å². The minimum Gasteiger partial charge on any atom is -0.493 e. The fourth-order valence-electron chi connectivity index (χ4n) is 4.14. The molecule has 0 aliphatic carbocycles. The van der Waals surface area contributed by atoms with Gasteiger partial charge in [0.2, 0.25) is 11.5 Å². The zero-order valence-electron chi connectivity index (χ0n) is 19.8. The van der Waals surface area contributed by atoms with E-state index in [1.165, 1.54) is 39.5 Å². The van der Waals surface area contributed by atoms with Gasteiger partial charge in [-0.25, -0.2) is 4.79 Å². The Morgan fingerprint density at radius 2 is 1.81 bits per heavy atom. The number of carboxylic acid groups (broad SMARTS) is 1. The summed E-state index contributed by atoms with van der Waals surface area (Å²) < 4.78 is 27.3. The lowest BCUT2D eigenvalue weighted by atomic mass is 10.1. The zero-order valence-corrected chi connectivity index (χ0v) is 19.8. The van der Waals surface area contributed by atoms with Crippen molar-refractivity contribution in [1.29, 1.82) is 0 Å². The van der Waals surface area contributed by atoms with Gasteiger partial charge in [-0.2, -0.15) is 0 Å². The molecule has 2 aromatic carbocycles. The van der Waals surface area contributed by atoms with E-state index in [0.29, 0.717) is 28.4 Å². The Kier molecular flexibility index (Phi) is 7.02. The number of likely N-dealkylation sites (tertiary alicyclic amines) is 1. The molecule has 2 atom stereocenters. The van der Waals surface area contributed by atoms with Crippen molar-refractivity contribution < 1.29 is 48.3 Å². The number of rotatable bonds is 8. The van der Waals surface area contributed by atoms with Crippen molar-refractivity contribution in [2.24, 2.45) is 0 Å². The number of benzene rings is 2. The van der Waals surface area contributed by atoms with E-state index in [-0.39, 0.29) is 36.0 Å². The molecule has 0 unspecified atom stereocenters. The number of amides is 1. The maximum absolute atomic E-state index is 12.9. The minimum atomic E-state index is -1.18. The van der Waals surface area contributed by atoms with Gasteiger partial charge in [0.1, 0.15) is 17.5 Å². The summed E-state index contributed by atoms with van der Waals surface area (Å²) in [5.41, 5.74) is 0.907. The van der Waals surface area contributed by atoms with Crippen molar-refractivity contribution >= 4 is 23.7 Å². The molecule has 36 heavy (non-hydrogen) atoms. The first-order valence-electron chi connectivity index (χ1n) is 11.0. The highest BCUT2D eigenvalue weighted by molar-refractivity contribution is 6.14. The van der Waals surface area contributed by atoms with Gasteiger partial charge in [-0.15, -0.1) is 0 Å². The second-order valence-electron chi connectivity index (χ2n) is 8.13. The quantitative estimate of drug-likeness (QED) is 0.516. The molecule has 0 spiro atoms. The van der Waals surface area contributed by atoms with E-state index in [2.05, 4.69) is 0 Å². The van der Waals surface area contributed by atoms with Crippen molar-refractivity contribution in [2.75, 3.05) is 34.5 Å². The number of β-amino-alcohol motifs (C(OH)–C–C–N with tert-alkyl or cyclic N) is 1. The normalized spacial score (nSPS) is 19.6. The van der Waals surface area contributed by atoms with Crippen molar-refractivity contribution in [1.82, 2.24) is 4.90 Å². The number of fused-ring (bicyclic) bond motifs is 1. The van der Waals surface area contributed by atoms with Crippen molar-refractivity contribution in [3.8, 4) is 28.7 Å². The summed E-state index contributed by atoms with van der Waals surface area (Å²) in [5.74, 6) is -0.252. The largest absolute Gasteiger partial charge is 0.493 e. The predicted molar refractivity (Wildman–Crippen MR) is 125 cm³/mol. The Morgan fingerprint density at radius 3 is 2.42 bits per heavy atom. The van der Waals surface area contributed by atoms with Crippen molar-refractivity contribution in [3.05, 3.63) is 47.2 Å². The average molecular weight is 499 g/mol. The highest BCUT2D eigenvalue weighted by Gasteiger charge is 2.39. The number of nitrogens with zero attached hydrogens (tertiary/aromatic N) is 1. The lowest BCUT2D eigenvalue weighted by Gasteiger charge is -2.21. The molecule has 11 nitrogen and oxygen atoms in total. The number of allylic oxidation sites excluding steroid dienone is 1. The lowest BCUT2D eigenvalue weighted by molar-refractivity contribution is -0.148. The molecule has 0 aromatic heterocycles. The molecule has 1 fully saturated rings. The third-order valence-electron chi connectivity index (χ3n) is 5.87. The number of aliphatic hydroxyl groups excluding tert-OH is 1. The first-order chi connectivity index (χ1) is 17.2. The van der Waals surface area contributed by atoms with Gasteiger partial charge in [0.15, 0.2) is 23.9 Å². The smallest absolute Gasteiger partial charge is 0.326 e. The van der Waals surface area contributed by atoms with E-state index in [1.54, 1.807) is 18.2 Å². The van der Waals surface area contributed by atoms with Gasteiger partial charge in [-0.3, -0.25) is 9.59 Å². The molecule has 190 valence electrons. The first kappa shape index (κ1) is 24.9. The molecule has 2 aliphatic heterocycles. The Morgan fingerprint density at radius 1 is 1.11 bits per heavy atom. The number of ketones is 1. The summed E-state index contributed by atoms with van der Waals surface area (Å²) in [6.45, 7) is -0.507. The van der Waals surface area contributed by atoms with Crippen LogP contribution in [0.1, 0.15) is 22.3 Å². The zero-order chi connectivity index (χ0) is 26.0. The van der Waals surface area contributed by atoms with Crippen LogP contribution in [-0.4, -0.2) is 79.4 Å². The molecular weight excluding hydrogens is 474 g/mol. The highest BCUT2D eigenvalue weighted by atomic mass is 16.5. The summed E-state index contributed by atoms with van der Waals surface area (Å²) in [4.78, 5) is 37.7. The molecule has 1 amide bonds. The summed E-state index contributed by atoms with van der Waals surface area (Å²) in [7, 11) is 4.47.